The third kappa shape index (κ3) is 2.37. The van der Waals surface area contributed by atoms with Crippen LogP contribution in [0.5, 0.6) is 0 Å². The summed E-state index contributed by atoms with van der Waals surface area (Å²) in [6.45, 7) is 3.31. The Morgan fingerprint density at radius 2 is 1.84 bits per heavy atom. The van der Waals surface area contributed by atoms with Gasteiger partial charge in [-0.3, -0.25) is 28.7 Å². The Bertz CT molecular complexity index is 1060. The van der Waals surface area contributed by atoms with Gasteiger partial charge in [-0.1, -0.05) is 19.1 Å². The number of imidazole rings is 1. The van der Waals surface area contributed by atoms with Gasteiger partial charge in [0.1, 0.15) is 0 Å². The van der Waals surface area contributed by atoms with E-state index in [1.165, 1.54) is 10.1 Å². The lowest BCUT2D eigenvalue weighted by molar-refractivity contribution is 0.256. The summed E-state index contributed by atoms with van der Waals surface area (Å²) in [4.78, 5) is 35.3. The Morgan fingerprint density at radius 1 is 1.12 bits per heavy atom. The summed E-state index contributed by atoms with van der Waals surface area (Å²) in [6.07, 6.45) is 0.982. The maximum atomic E-state index is 12.4. The molecule has 4 rings (SSSR count). The summed E-state index contributed by atoms with van der Waals surface area (Å²) in [6, 6.07) is 8.31. The number of aryl methyl sites for hydroxylation is 2. The number of aromatic amines is 1. The van der Waals surface area contributed by atoms with Crippen molar-refractivity contribution >= 4 is 22.8 Å². The summed E-state index contributed by atoms with van der Waals surface area (Å²) in [5.41, 5.74) is 2.21. The fourth-order valence-electron chi connectivity index (χ4n) is 3.26. The molecule has 25 heavy (non-hydrogen) atoms. The van der Waals surface area contributed by atoms with Crippen molar-refractivity contribution in [3.05, 3.63) is 50.7 Å². The van der Waals surface area contributed by atoms with Gasteiger partial charge in [0.05, 0.1) is 13.3 Å². The minimum atomic E-state index is -0.458. The van der Waals surface area contributed by atoms with Crippen molar-refractivity contribution in [2.45, 2.75) is 20.0 Å². The highest BCUT2D eigenvalue weighted by molar-refractivity contribution is 5.76. The molecule has 0 amide bonds. The van der Waals surface area contributed by atoms with E-state index >= 15 is 0 Å². The van der Waals surface area contributed by atoms with Gasteiger partial charge in [-0.05, 0) is 31.2 Å². The zero-order valence-corrected chi connectivity index (χ0v) is 14.5. The number of nitrogens with zero attached hydrogens (tertiary/aromatic N) is 5. The van der Waals surface area contributed by atoms with Crippen molar-refractivity contribution in [3.8, 4) is 0 Å². The molecule has 0 atom stereocenters. The lowest BCUT2D eigenvalue weighted by atomic mass is 10.1. The molecule has 0 unspecified atom stereocenters. The number of hydrogen-bond donors (Lipinski definition) is 1. The zero-order valence-electron chi connectivity index (χ0n) is 14.5. The molecule has 1 aromatic carbocycles. The summed E-state index contributed by atoms with van der Waals surface area (Å²) >= 11 is 0. The van der Waals surface area contributed by atoms with E-state index in [4.69, 9.17) is 0 Å². The second-order valence-electron chi connectivity index (χ2n) is 6.42. The molecule has 1 N–H and O–H groups in total. The van der Waals surface area contributed by atoms with Crippen LogP contribution in [0, 0.1) is 0 Å². The minimum absolute atomic E-state index is 0.397. The van der Waals surface area contributed by atoms with E-state index in [9.17, 15) is 9.59 Å². The van der Waals surface area contributed by atoms with Gasteiger partial charge in [0, 0.05) is 12.7 Å². The van der Waals surface area contributed by atoms with Gasteiger partial charge >= 0.3 is 5.69 Å². The Balaban J connectivity index is 1.95. The molecule has 1 aliphatic rings. The van der Waals surface area contributed by atoms with E-state index in [2.05, 4.69) is 46.1 Å². The number of fused-ring (bicyclic) bond motifs is 3. The number of aromatic nitrogens is 4. The molecule has 0 fully saturated rings. The first-order valence-electron chi connectivity index (χ1n) is 8.24. The van der Waals surface area contributed by atoms with E-state index in [0.29, 0.717) is 30.4 Å². The van der Waals surface area contributed by atoms with Gasteiger partial charge in [0.15, 0.2) is 11.2 Å². The maximum Gasteiger partial charge on any atom is 0.329 e. The quantitative estimate of drug-likeness (QED) is 0.752. The topological polar surface area (TPSA) is 79.2 Å². The van der Waals surface area contributed by atoms with E-state index in [1.54, 1.807) is 7.05 Å². The van der Waals surface area contributed by atoms with Crippen molar-refractivity contribution in [2.24, 2.45) is 7.05 Å². The second kappa shape index (κ2) is 5.59. The highest BCUT2D eigenvalue weighted by Gasteiger charge is 2.27. The number of anilines is 2. The van der Waals surface area contributed by atoms with Crippen molar-refractivity contribution in [3.63, 3.8) is 0 Å². The van der Waals surface area contributed by atoms with Gasteiger partial charge in [-0.15, -0.1) is 0 Å². The highest BCUT2D eigenvalue weighted by Crippen LogP contribution is 2.30. The first kappa shape index (κ1) is 15.6. The molecule has 0 aliphatic carbocycles. The minimum Gasteiger partial charge on any atom is -0.298 e. The summed E-state index contributed by atoms with van der Waals surface area (Å²) in [5, 5.41) is 0. The molecule has 0 saturated carbocycles. The first-order valence-corrected chi connectivity index (χ1v) is 8.24. The van der Waals surface area contributed by atoms with E-state index in [-0.39, 0.29) is 0 Å². The third-order valence-electron chi connectivity index (χ3n) is 4.65. The molecule has 3 heterocycles. The van der Waals surface area contributed by atoms with E-state index in [0.717, 1.165) is 12.1 Å². The molecule has 0 bridgehead atoms. The van der Waals surface area contributed by atoms with Crippen molar-refractivity contribution < 1.29 is 0 Å². The van der Waals surface area contributed by atoms with Crippen LogP contribution in [0.15, 0.2) is 33.9 Å². The van der Waals surface area contributed by atoms with Gasteiger partial charge in [-0.2, -0.15) is 4.98 Å². The average molecular weight is 340 g/mol. The number of hydrogen-bond acceptors (Lipinski definition) is 5. The first-order chi connectivity index (χ1) is 12.0. The van der Waals surface area contributed by atoms with Crippen LogP contribution in [0.4, 0.5) is 11.6 Å². The van der Waals surface area contributed by atoms with Gasteiger partial charge in [0.2, 0.25) is 5.95 Å². The van der Waals surface area contributed by atoms with Crippen LogP contribution in [0.1, 0.15) is 12.5 Å². The molecule has 130 valence electrons. The highest BCUT2D eigenvalue weighted by atomic mass is 16.2. The zero-order chi connectivity index (χ0) is 17.7. The predicted molar refractivity (Wildman–Crippen MR) is 96.2 cm³/mol. The van der Waals surface area contributed by atoms with Crippen molar-refractivity contribution in [2.75, 3.05) is 18.6 Å². The Morgan fingerprint density at radius 3 is 2.52 bits per heavy atom. The van der Waals surface area contributed by atoms with Gasteiger partial charge in [0.25, 0.3) is 5.56 Å². The summed E-state index contributed by atoms with van der Waals surface area (Å²) in [5.74, 6) is 0.670. The lowest BCUT2D eigenvalue weighted by Crippen LogP contribution is -2.41. The number of nitrogens with one attached hydrogen (secondary N) is 1. The van der Waals surface area contributed by atoms with Crippen LogP contribution in [0.2, 0.25) is 0 Å². The Hall–Kier alpha value is -2.87. The molecule has 0 saturated heterocycles. The number of rotatable bonds is 2. The molecule has 2 aromatic heterocycles. The van der Waals surface area contributed by atoms with E-state index < -0.39 is 11.2 Å². The Kier molecular flexibility index (Phi) is 3.50. The molecular formula is C17H20N6O2. The maximum absolute atomic E-state index is 12.4. The predicted octanol–water partition coefficient (Wildman–Crippen LogP) is 0.984. The molecule has 0 spiro atoms. The fourth-order valence-corrected chi connectivity index (χ4v) is 3.26. The van der Waals surface area contributed by atoms with Gasteiger partial charge < -0.3 is 0 Å². The molecule has 8 nitrogen and oxygen atoms in total. The van der Waals surface area contributed by atoms with Gasteiger partial charge in [-0.25, -0.2) is 4.79 Å². The third-order valence-corrected chi connectivity index (χ3v) is 4.65. The fraction of sp³-hybridized carbons (Fsp3) is 0.353. The molecule has 3 aromatic rings. The molecule has 8 heteroatoms. The van der Waals surface area contributed by atoms with Crippen LogP contribution in [-0.2, 0) is 20.1 Å². The van der Waals surface area contributed by atoms with Crippen molar-refractivity contribution in [1.29, 1.82) is 0 Å². The molecule has 0 radical (unpaired) electrons. The number of H-pyrrole nitrogens is 1. The monoisotopic (exact) mass is 340 g/mol. The summed E-state index contributed by atoms with van der Waals surface area (Å²) < 4.78 is 3.23. The van der Waals surface area contributed by atoms with Crippen LogP contribution >= 0.6 is 0 Å². The van der Waals surface area contributed by atoms with Crippen LogP contribution in [0.3, 0.4) is 0 Å². The number of benzene rings is 1. The summed E-state index contributed by atoms with van der Waals surface area (Å²) in [7, 11) is 3.60. The van der Waals surface area contributed by atoms with Crippen LogP contribution in [0.25, 0.3) is 11.2 Å². The van der Waals surface area contributed by atoms with Crippen molar-refractivity contribution in [1.82, 2.24) is 24.0 Å². The SMILES string of the molecule is CCc1ccc(N2CN(C)Cn3c2nc2c3c(=O)[nH]c(=O)n2C)cc1. The van der Waals surface area contributed by atoms with Crippen LogP contribution < -0.4 is 16.1 Å². The standard InChI is InChI=1S/C17H20N6O2/c1-4-11-5-7-12(8-6-11)22-9-20(2)10-23-13-14(18-16(22)23)21(3)17(25)19-15(13)24/h5-8H,4,9-10H2,1-3H3,(H,19,24,25). The normalized spacial score (nSPS) is 14.9. The van der Waals surface area contributed by atoms with E-state index in [1.807, 2.05) is 16.5 Å². The smallest absolute Gasteiger partial charge is 0.298 e. The average Bonchev–Trinajstić information content (AvgIpc) is 2.99. The molecule has 1 aliphatic heterocycles. The molecular weight excluding hydrogens is 320 g/mol. The Labute approximate surface area is 143 Å². The largest absolute Gasteiger partial charge is 0.329 e. The van der Waals surface area contributed by atoms with Crippen LogP contribution in [-0.4, -0.2) is 37.7 Å². The second-order valence-corrected chi connectivity index (χ2v) is 6.42. The lowest BCUT2D eigenvalue weighted by Gasteiger charge is -2.34.